The third-order valence-electron chi connectivity index (χ3n) is 2.59. The van der Waals surface area contributed by atoms with Crippen molar-refractivity contribution in [1.82, 2.24) is 0 Å². The third kappa shape index (κ3) is 2.48. The van der Waals surface area contributed by atoms with Gasteiger partial charge in [-0.25, -0.2) is 0 Å². The zero-order valence-electron chi connectivity index (χ0n) is 10.4. The van der Waals surface area contributed by atoms with Gasteiger partial charge < -0.3 is 25.3 Å². The number of benzene rings is 1. The number of rotatable bonds is 4. The smallest absolute Gasteiger partial charge is 0.253 e. The fourth-order valence-corrected chi connectivity index (χ4v) is 1.63. The summed E-state index contributed by atoms with van der Waals surface area (Å²) in [6.45, 7) is 4.16. The highest BCUT2D eigenvalue weighted by molar-refractivity contribution is 5.97. The van der Waals surface area contributed by atoms with Gasteiger partial charge in [0, 0.05) is 18.7 Å². The van der Waals surface area contributed by atoms with E-state index in [2.05, 4.69) is 5.32 Å². The van der Waals surface area contributed by atoms with Gasteiger partial charge >= 0.3 is 0 Å². The number of ether oxygens (including phenoxy) is 3. The molecule has 1 heterocycles. The van der Waals surface area contributed by atoms with E-state index in [1.807, 2.05) is 6.92 Å². The second-order valence-electron chi connectivity index (χ2n) is 3.88. The van der Waals surface area contributed by atoms with Crippen LogP contribution in [-0.2, 0) is 9.53 Å². The topological polar surface area (TPSA) is 82.8 Å². The number of fused-ring (bicyclic) bond motifs is 1. The van der Waals surface area contributed by atoms with Crippen LogP contribution in [-0.4, -0.2) is 25.4 Å². The quantitative estimate of drug-likeness (QED) is 0.790. The van der Waals surface area contributed by atoms with Gasteiger partial charge in [-0.2, -0.15) is 0 Å². The molecule has 1 atom stereocenters. The summed E-state index contributed by atoms with van der Waals surface area (Å²) in [4.78, 5) is 11.8. The van der Waals surface area contributed by atoms with Crippen LogP contribution >= 0.6 is 0 Å². The average molecular weight is 252 g/mol. The number of nitrogens with two attached hydrogens (primary N) is 1. The molecule has 0 radical (unpaired) electrons. The average Bonchev–Trinajstić information content (AvgIpc) is 2.76. The monoisotopic (exact) mass is 252 g/mol. The zero-order chi connectivity index (χ0) is 13.1. The molecule has 18 heavy (non-hydrogen) atoms. The Balaban J connectivity index is 2.12. The van der Waals surface area contributed by atoms with Crippen LogP contribution in [0.1, 0.15) is 13.8 Å². The zero-order valence-corrected chi connectivity index (χ0v) is 10.4. The Labute approximate surface area is 105 Å². The van der Waals surface area contributed by atoms with Gasteiger partial charge in [0.2, 0.25) is 6.79 Å². The maximum absolute atomic E-state index is 11.8. The fourth-order valence-electron chi connectivity index (χ4n) is 1.63. The second kappa shape index (κ2) is 5.14. The van der Waals surface area contributed by atoms with Gasteiger partial charge in [0.25, 0.3) is 5.91 Å². The van der Waals surface area contributed by atoms with E-state index in [1.165, 1.54) is 0 Å². The summed E-state index contributed by atoms with van der Waals surface area (Å²) in [5.74, 6) is 0.911. The number of amides is 1. The first-order valence-corrected chi connectivity index (χ1v) is 5.73. The van der Waals surface area contributed by atoms with E-state index in [0.29, 0.717) is 29.5 Å². The number of anilines is 2. The number of carbonyl (C=O) groups excluding carboxylic acids is 1. The molecule has 98 valence electrons. The first-order chi connectivity index (χ1) is 8.61. The molecule has 1 aliphatic heterocycles. The summed E-state index contributed by atoms with van der Waals surface area (Å²) in [6, 6.07) is 3.28. The Morgan fingerprint density at radius 3 is 2.83 bits per heavy atom. The van der Waals surface area contributed by atoms with E-state index < -0.39 is 6.10 Å². The molecule has 6 nitrogen and oxygen atoms in total. The van der Waals surface area contributed by atoms with Gasteiger partial charge in [-0.15, -0.1) is 0 Å². The van der Waals surface area contributed by atoms with Crippen LogP contribution in [0.3, 0.4) is 0 Å². The maximum atomic E-state index is 11.8. The highest BCUT2D eigenvalue weighted by Crippen LogP contribution is 2.38. The molecule has 2 rings (SSSR count). The molecule has 0 bridgehead atoms. The van der Waals surface area contributed by atoms with E-state index in [4.69, 9.17) is 19.9 Å². The normalized spacial score (nSPS) is 14.3. The van der Waals surface area contributed by atoms with Crippen LogP contribution in [0.15, 0.2) is 12.1 Å². The highest BCUT2D eigenvalue weighted by Gasteiger charge is 2.19. The number of hydrogen-bond acceptors (Lipinski definition) is 5. The van der Waals surface area contributed by atoms with Crippen molar-refractivity contribution in [2.45, 2.75) is 20.0 Å². The number of nitrogens with one attached hydrogen (secondary N) is 1. The van der Waals surface area contributed by atoms with E-state index >= 15 is 0 Å². The molecule has 1 unspecified atom stereocenters. The molecule has 1 aliphatic rings. The summed E-state index contributed by atoms with van der Waals surface area (Å²) in [5, 5.41) is 2.70. The Kier molecular flexibility index (Phi) is 3.57. The molecule has 0 fully saturated rings. The minimum atomic E-state index is -0.528. The Morgan fingerprint density at radius 2 is 2.17 bits per heavy atom. The first-order valence-electron chi connectivity index (χ1n) is 5.73. The van der Waals surface area contributed by atoms with Crippen molar-refractivity contribution >= 4 is 17.3 Å². The largest absolute Gasteiger partial charge is 0.454 e. The molecule has 0 spiro atoms. The van der Waals surface area contributed by atoms with E-state index in [0.717, 1.165) is 0 Å². The molecule has 1 aromatic rings. The molecule has 0 saturated heterocycles. The van der Waals surface area contributed by atoms with Gasteiger partial charge in [0.05, 0.1) is 11.4 Å². The second-order valence-corrected chi connectivity index (χ2v) is 3.88. The van der Waals surface area contributed by atoms with Crippen LogP contribution < -0.4 is 20.5 Å². The molecule has 3 N–H and O–H groups in total. The van der Waals surface area contributed by atoms with Gasteiger partial charge in [-0.3, -0.25) is 4.79 Å². The SMILES string of the molecule is CCOC(C)C(=O)Nc1cc2c(cc1N)OCO2. The minimum Gasteiger partial charge on any atom is -0.454 e. The summed E-state index contributed by atoms with van der Waals surface area (Å²) in [5.41, 5.74) is 6.75. The van der Waals surface area contributed by atoms with Crippen molar-refractivity contribution < 1.29 is 19.0 Å². The summed E-state index contributed by atoms with van der Waals surface area (Å²) < 4.78 is 15.6. The fraction of sp³-hybridized carbons (Fsp3) is 0.417. The predicted octanol–water partition coefficient (Wildman–Crippen LogP) is 1.36. The van der Waals surface area contributed by atoms with E-state index in [-0.39, 0.29) is 12.7 Å². The number of nitrogen functional groups attached to an aromatic ring is 1. The van der Waals surface area contributed by atoms with Crippen LogP contribution in [0.5, 0.6) is 11.5 Å². The summed E-state index contributed by atoms with van der Waals surface area (Å²) >= 11 is 0. The standard InChI is InChI=1S/C12H16N2O4/c1-3-16-7(2)12(15)14-9-5-11-10(4-8(9)13)17-6-18-11/h4-5,7H,3,6,13H2,1-2H3,(H,14,15). The van der Waals surface area contributed by atoms with Crippen molar-refractivity contribution in [3.05, 3.63) is 12.1 Å². The van der Waals surface area contributed by atoms with Crippen LogP contribution in [0, 0.1) is 0 Å². The van der Waals surface area contributed by atoms with Crippen LogP contribution in [0.25, 0.3) is 0 Å². The van der Waals surface area contributed by atoms with Gasteiger partial charge in [0.1, 0.15) is 6.10 Å². The molecule has 1 aromatic carbocycles. The van der Waals surface area contributed by atoms with Crippen molar-refractivity contribution in [3.63, 3.8) is 0 Å². The number of carbonyl (C=O) groups is 1. The Bertz CT molecular complexity index is 462. The first kappa shape index (κ1) is 12.5. The molecule has 0 saturated carbocycles. The van der Waals surface area contributed by atoms with Crippen LogP contribution in [0.4, 0.5) is 11.4 Å². The lowest BCUT2D eigenvalue weighted by atomic mass is 10.2. The summed E-state index contributed by atoms with van der Waals surface area (Å²) in [7, 11) is 0. The summed E-state index contributed by atoms with van der Waals surface area (Å²) in [6.07, 6.45) is -0.528. The maximum Gasteiger partial charge on any atom is 0.253 e. The Hall–Kier alpha value is -1.95. The molecule has 6 heteroatoms. The van der Waals surface area contributed by atoms with E-state index in [9.17, 15) is 4.79 Å². The molecule has 1 amide bonds. The highest BCUT2D eigenvalue weighted by atomic mass is 16.7. The lowest BCUT2D eigenvalue weighted by molar-refractivity contribution is -0.126. The third-order valence-corrected chi connectivity index (χ3v) is 2.59. The molecule has 0 aromatic heterocycles. The van der Waals surface area contributed by atoms with E-state index in [1.54, 1.807) is 19.1 Å². The molecular weight excluding hydrogens is 236 g/mol. The van der Waals surface area contributed by atoms with Crippen molar-refractivity contribution in [1.29, 1.82) is 0 Å². The Morgan fingerprint density at radius 1 is 1.50 bits per heavy atom. The van der Waals surface area contributed by atoms with Crippen molar-refractivity contribution in [2.75, 3.05) is 24.5 Å². The van der Waals surface area contributed by atoms with Crippen LogP contribution in [0.2, 0.25) is 0 Å². The van der Waals surface area contributed by atoms with Gasteiger partial charge in [0.15, 0.2) is 11.5 Å². The number of hydrogen-bond donors (Lipinski definition) is 2. The van der Waals surface area contributed by atoms with Gasteiger partial charge in [-0.1, -0.05) is 0 Å². The van der Waals surface area contributed by atoms with Crippen molar-refractivity contribution in [2.24, 2.45) is 0 Å². The molecular formula is C12H16N2O4. The van der Waals surface area contributed by atoms with Gasteiger partial charge in [-0.05, 0) is 13.8 Å². The lowest BCUT2D eigenvalue weighted by Gasteiger charge is -2.13. The van der Waals surface area contributed by atoms with Crippen molar-refractivity contribution in [3.8, 4) is 11.5 Å². The minimum absolute atomic E-state index is 0.168. The molecule has 0 aliphatic carbocycles. The predicted molar refractivity (Wildman–Crippen MR) is 66.7 cm³/mol. The lowest BCUT2D eigenvalue weighted by Crippen LogP contribution is -2.28.